The van der Waals surface area contributed by atoms with E-state index >= 15 is 0 Å². The molecule has 2 nitrogen and oxygen atoms in total. The summed E-state index contributed by atoms with van der Waals surface area (Å²) in [6, 6.07) is 4.90. The summed E-state index contributed by atoms with van der Waals surface area (Å²) in [6.07, 6.45) is 2.39. The van der Waals surface area contributed by atoms with Crippen LogP contribution >= 0.6 is 11.3 Å². The summed E-state index contributed by atoms with van der Waals surface area (Å²) in [7, 11) is 4.26. The highest BCUT2D eigenvalue weighted by Gasteiger charge is 2.11. The van der Waals surface area contributed by atoms with Crippen LogP contribution in [0.25, 0.3) is 0 Å². The van der Waals surface area contributed by atoms with Crippen molar-refractivity contribution in [3.63, 3.8) is 0 Å². The van der Waals surface area contributed by atoms with Crippen LogP contribution < -0.4 is 5.32 Å². The first-order chi connectivity index (χ1) is 7.24. The number of nitrogens with one attached hydrogen (secondary N) is 1. The van der Waals surface area contributed by atoms with Gasteiger partial charge in [-0.25, -0.2) is 0 Å². The van der Waals surface area contributed by atoms with Gasteiger partial charge in [0.05, 0.1) is 0 Å². The summed E-state index contributed by atoms with van der Waals surface area (Å²) >= 11 is 1.85. The van der Waals surface area contributed by atoms with E-state index < -0.39 is 0 Å². The smallest absolute Gasteiger partial charge is 0.0427 e. The van der Waals surface area contributed by atoms with E-state index in [4.69, 9.17) is 0 Å². The van der Waals surface area contributed by atoms with Crippen molar-refractivity contribution in [1.82, 2.24) is 10.2 Å². The molecule has 86 valence electrons. The Labute approximate surface area is 97.3 Å². The Balaban J connectivity index is 2.46. The van der Waals surface area contributed by atoms with Gasteiger partial charge in [-0.15, -0.1) is 11.3 Å². The van der Waals surface area contributed by atoms with Gasteiger partial charge in [-0.2, -0.15) is 0 Å². The molecule has 1 unspecified atom stereocenters. The largest absolute Gasteiger partial charge is 0.309 e. The maximum Gasteiger partial charge on any atom is 0.0427 e. The van der Waals surface area contributed by atoms with Crippen molar-refractivity contribution in [2.75, 3.05) is 27.2 Å². The number of rotatable bonds is 7. The lowest BCUT2D eigenvalue weighted by Gasteiger charge is -2.19. The molecular formula is C12H22N2S. The van der Waals surface area contributed by atoms with Crippen molar-refractivity contribution in [2.45, 2.75) is 25.8 Å². The van der Waals surface area contributed by atoms with Gasteiger partial charge in [-0.1, -0.05) is 13.0 Å². The van der Waals surface area contributed by atoms with Crippen LogP contribution in [0.1, 0.15) is 30.7 Å². The van der Waals surface area contributed by atoms with E-state index in [1.807, 2.05) is 11.3 Å². The van der Waals surface area contributed by atoms with E-state index in [-0.39, 0.29) is 0 Å². The maximum atomic E-state index is 3.61. The lowest BCUT2D eigenvalue weighted by Crippen LogP contribution is -2.25. The molecule has 1 rings (SSSR count). The van der Waals surface area contributed by atoms with Gasteiger partial charge in [0, 0.05) is 10.9 Å². The van der Waals surface area contributed by atoms with Crippen LogP contribution in [0.3, 0.4) is 0 Å². The minimum absolute atomic E-state index is 0.535. The highest BCUT2D eigenvalue weighted by Crippen LogP contribution is 2.21. The quantitative estimate of drug-likeness (QED) is 0.769. The van der Waals surface area contributed by atoms with Gasteiger partial charge >= 0.3 is 0 Å². The van der Waals surface area contributed by atoms with Crippen LogP contribution in [0.4, 0.5) is 0 Å². The normalized spacial score (nSPS) is 13.3. The number of hydrogen-bond donors (Lipinski definition) is 1. The third-order valence-electron chi connectivity index (χ3n) is 2.39. The van der Waals surface area contributed by atoms with Crippen molar-refractivity contribution >= 4 is 11.3 Å². The molecule has 1 aromatic heterocycles. The molecule has 1 aromatic rings. The fraction of sp³-hybridized carbons (Fsp3) is 0.667. The third kappa shape index (κ3) is 4.78. The van der Waals surface area contributed by atoms with Gasteiger partial charge in [0.25, 0.3) is 0 Å². The Kier molecular flexibility index (Phi) is 5.91. The van der Waals surface area contributed by atoms with Crippen LogP contribution in [-0.4, -0.2) is 32.1 Å². The van der Waals surface area contributed by atoms with Crippen molar-refractivity contribution < 1.29 is 0 Å². The van der Waals surface area contributed by atoms with Crippen LogP contribution in [0.2, 0.25) is 0 Å². The van der Waals surface area contributed by atoms with Gasteiger partial charge in [-0.3, -0.25) is 0 Å². The van der Waals surface area contributed by atoms with E-state index in [1.165, 1.54) is 17.7 Å². The zero-order valence-electron chi connectivity index (χ0n) is 9.99. The Morgan fingerprint density at radius 1 is 1.47 bits per heavy atom. The van der Waals surface area contributed by atoms with E-state index in [0.29, 0.717) is 6.04 Å². The molecule has 0 radical (unpaired) electrons. The SMILES string of the molecule is CCCNC(CCN(C)C)c1cccs1. The standard InChI is InChI=1S/C12H22N2S/c1-4-8-13-11(7-9-14(2)3)12-6-5-10-15-12/h5-6,10-11,13H,4,7-9H2,1-3H3. The monoisotopic (exact) mass is 226 g/mol. The number of nitrogens with zero attached hydrogens (tertiary/aromatic N) is 1. The molecule has 1 N–H and O–H groups in total. The Hall–Kier alpha value is -0.380. The van der Waals surface area contributed by atoms with E-state index in [0.717, 1.165) is 13.1 Å². The minimum atomic E-state index is 0.535. The summed E-state index contributed by atoms with van der Waals surface area (Å²) in [5, 5.41) is 5.77. The molecule has 0 bridgehead atoms. The van der Waals surface area contributed by atoms with E-state index in [9.17, 15) is 0 Å². The van der Waals surface area contributed by atoms with Crippen molar-refractivity contribution in [1.29, 1.82) is 0 Å². The van der Waals surface area contributed by atoms with Crippen molar-refractivity contribution in [2.24, 2.45) is 0 Å². The molecule has 3 heteroatoms. The van der Waals surface area contributed by atoms with E-state index in [1.54, 1.807) is 0 Å². The lowest BCUT2D eigenvalue weighted by molar-refractivity contribution is 0.363. The average molecular weight is 226 g/mol. The molecule has 0 aliphatic rings. The molecule has 0 saturated carbocycles. The first-order valence-corrected chi connectivity index (χ1v) is 6.53. The van der Waals surface area contributed by atoms with Gasteiger partial charge in [0.15, 0.2) is 0 Å². The zero-order valence-corrected chi connectivity index (χ0v) is 10.8. The van der Waals surface area contributed by atoms with Crippen LogP contribution in [-0.2, 0) is 0 Å². The average Bonchev–Trinajstić information content (AvgIpc) is 2.71. The topological polar surface area (TPSA) is 15.3 Å². The Morgan fingerprint density at radius 3 is 2.80 bits per heavy atom. The second kappa shape index (κ2) is 6.99. The minimum Gasteiger partial charge on any atom is -0.309 e. The molecule has 0 aromatic carbocycles. The third-order valence-corrected chi connectivity index (χ3v) is 3.38. The summed E-state index contributed by atoms with van der Waals surface area (Å²) in [4.78, 5) is 3.71. The summed E-state index contributed by atoms with van der Waals surface area (Å²) in [6.45, 7) is 4.46. The highest BCUT2D eigenvalue weighted by atomic mass is 32.1. The van der Waals surface area contributed by atoms with Crippen molar-refractivity contribution in [3.8, 4) is 0 Å². The molecule has 1 heterocycles. The predicted molar refractivity (Wildman–Crippen MR) is 68.5 cm³/mol. The Morgan fingerprint density at radius 2 is 2.27 bits per heavy atom. The number of thiophene rings is 1. The zero-order chi connectivity index (χ0) is 11.1. The first kappa shape index (κ1) is 12.7. The molecule has 0 saturated heterocycles. The van der Waals surface area contributed by atoms with Gasteiger partial charge < -0.3 is 10.2 Å². The summed E-state index contributed by atoms with van der Waals surface area (Å²) < 4.78 is 0. The fourth-order valence-corrected chi connectivity index (χ4v) is 2.38. The van der Waals surface area contributed by atoms with Crippen molar-refractivity contribution in [3.05, 3.63) is 22.4 Å². The molecule has 0 spiro atoms. The van der Waals surface area contributed by atoms with Crippen LogP contribution in [0.5, 0.6) is 0 Å². The predicted octanol–water partition coefficient (Wildman–Crippen LogP) is 2.74. The molecule has 1 atom stereocenters. The van der Waals surface area contributed by atoms with Crippen LogP contribution in [0.15, 0.2) is 17.5 Å². The van der Waals surface area contributed by atoms with Gasteiger partial charge in [0.2, 0.25) is 0 Å². The van der Waals surface area contributed by atoms with Gasteiger partial charge in [0.1, 0.15) is 0 Å². The maximum absolute atomic E-state index is 3.61. The molecule has 0 aliphatic heterocycles. The first-order valence-electron chi connectivity index (χ1n) is 5.65. The Bertz CT molecular complexity index is 244. The lowest BCUT2D eigenvalue weighted by atomic mass is 10.1. The van der Waals surface area contributed by atoms with Gasteiger partial charge in [-0.05, 0) is 51.5 Å². The summed E-state index contributed by atoms with van der Waals surface area (Å²) in [5.41, 5.74) is 0. The molecule has 0 aliphatic carbocycles. The van der Waals surface area contributed by atoms with Crippen LogP contribution in [0, 0.1) is 0 Å². The molecule has 15 heavy (non-hydrogen) atoms. The summed E-state index contributed by atoms with van der Waals surface area (Å²) in [5.74, 6) is 0. The second-order valence-corrected chi connectivity index (χ2v) is 5.09. The molecule has 0 fully saturated rings. The highest BCUT2D eigenvalue weighted by molar-refractivity contribution is 7.10. The molecule has 0 amide bonds. The number of hydrogen-bond acceptors (Lipinski definition) is 3. The van der Waals surface area contributed by atoms with E-state index in [2.05, 4.69) is 48.7 Å². The fourth-order valence-electron chi connectivity index (χ4n) is 1.54. The molecular weight excluding hydrogens is 204 g/mol. The second-order valence-electron chi connectivity index (χ2n) is 4.11.